The first-order valence-electron chi connectivity index (χ1n) is 4.24. The molecular weight excluding hydrogens is 259 g/mol. The summed E-state index contributed by atoms with van der Waals surface area (Å²) in [6, 6.07) is 7.49. The van der Waals surface area contributed by atoms with Crippen LogP contribution in [0.4, 0.5) is 5.95 Å². The number of benzene rings is 1. The molecule has 77 valence electrons. The van der Waals surface area contributed by atoms with Gasteiger partial charge >= 0.3 is 94.7 Å². The van der Waals surface area contributed by atoms with Crippen LogP contribution in [0.15, 0.2) is 24.3 Å². The predicted molar refractivity (Wildman–Crippen MR) is 57.7 cm³/mol. The van der Waals surface area contributed by atoms with Crippen LogP contribution in [0.2, 0.25) is 0 Å². The number of nitrogens with zero attached hydrogens (tertiary/aromatic N) is 3. The van der Waals surface area contributed by atoms with Crippen molar-refractivity contribution in [2.24, 2.45) is 0 Å². The van der Waals surface area contributed by atoms with Gasteiger partial charge in [0.25, 0.3) is 0 Å². The predicted octanol–water partition coefficient (Wildman–Crippen LogP) is -0.348. The third-order valence-electron chi connectivity index (χ3n) is 1.99. The molecule has 1 aromatic heterocycles. The Labute approximate surface area is 95.1 Å². The molecular formula is C9H9N4OSe. The Morgan fingerprint density at radius 3 is 2.40 bits per heavy atom. The molecule has 2 aromatic rings. The zero-order chi connectivity index (χ0) is 10.8. The zero-order valence-corrected chi connectivity index (χ0v) is 9.76. The standard InChI is InChI=1S/C9H9N4OSe/c1-14-7-4-2-6(3-5-7)13-8(10)11-12-9(13)15/h2-5H,1H3,(H2,10,11). The molecule has 0 atom stereocenters. The first-order valence-corrected chi connectivity index (χ1v) is 5.10. The first-order chi connectivity index (χ1) is 7.22. The van der Waals surface area contributed by atoms with Gasteiger partial charge in [-0.2, -0.15) is 0 Å². The normalized spacial score (nSPS) is 10.2. The summed E-state index contributed by atoms with van der Waals surface area (Å²) in [6.07, 6.45) is 0. The van der Waals surface area contributed by atoms with Gasteiger partial charge in [0.15, 0.2) is 0 Å². The molecule has 0 unspecified atom stereocenters. The van der Waals surface area contributed by atoms with Crippen molar-refractivity contribution in [1.82, 2.24) is 14.8 Å². The summed E-state index contributed by atoms with van der Waals surface area (Å²) in [5, 5.41) is 7.60. The summed E-state index contributed by atoms with van der Waals surface area (Å²) < 4.78 is 7.43. The summed E-state index contributed by atoms with van der Waals surface area (Å²) in [7, 11) is 1.63. The molecule has 5 nitrogen and oxygen atoms in total. The van der Waals surface area contributed by atoms with Crippen LogP contribution >= 0.6 is 0 Å². The van der Waals surface area contributed by atoms with Crippen LogP contribution in [0.1, 0.15) is 0 Å². The van der Waals surface area contributed by atoms with Crippen LogP contribution in [0.25, 0.3) is 5.69 Å². The van der Waals surface area contributed by atoms with Crippen molar-refractivity contribution in [3.05, 3.63) is 24.3 Å². The van der Waals surface area contributed by atoms with Crippen molar-refractivity contribution >= 4 is 26.7 Å². The fourth-order valence-electron chi connectivity index (χ4n) is 1.26. The topological polar surface area (TPSA) is 66.0 Å². The van der Waals surface area contributed by atoms with E-state index in [2.05, 4.69) is 26.2 Å². The van der Waals surface area contributed by atoms with Crippen molar-refractivity contribution < 1.29 is 4.74 Å². The van der Waals surface area contributed by atoms with E-state index in [1.54, 1.807) is 11.7 Å². The van der Waals surface area contributed by atoms with Crippen molar-refractivity contribution in [2.45, 2.75) is 0 Å². The molecule has 0 fully saturated rings. The number of nitrogen functional groups attached to an aromatic ring is 1. The Morgan fingerprint density at radius 2 is 1.93 bits per heavy atom. The van der Waals surface area contributed by atoms with Crippen LogP contribution in [0.5, 0.6) is 5.75 Å². The fraction of sp³-hybridized carbons (Fsp3) is 0.111. The van der Waals surface area contributed by atoms with Crippen LogP contribution in [-0.4, -0.2) is 37.9 Å². The number of ether oxygens (including phenoxy) is 1. The molecule has 2 N–H and O–H groups in total. The Balaban J connectivity index is 2.45. The molecule has 0 bridgehead atoms. The molecule has 1 aromatic carbocycles. The average Bonchev–Trinajstić information content (AvgIpc) is 2.59. The second-order valence-electron chi connectivity index (χ2n) is 2.87. The minimum atomic E-state index is 0.355. The fourth-order valence-corrected chi connectivity index (χ4v) is 1.76. The molecule has 0 amide bonds. The summed E-state index contributed by atoms with van der Waals surface area (Å²) in [5.74, 6) is 1.15. The quantitative estimate of drug-likeness (QED) is 0.756. The molecule has 0 spiro atoms. The second-order valence-corrected chi connectivity index (χ2v) is 3.64. The van der Waals surface area contributed by atoms with E-state index in [0.717, 1.165) is 11.4 Å². The van der Waals surface area contributed by atoms with E-state index in [9.17, 15) is 0 Å². The summed E-state index contributed by atoms with van der Waals surface area (Å²) in [5.41, 5.74) is 6.58. The van der Waals surface area contributed by atoms with E-state index in [-0.39, 0.29) is 0 Å². The maximum absolute atomic E-state index is 5.68. The van der Waals surface area contributed by atoms with Crippen LogP contribution in [-0.2, 0) is 0 Å². The maximum atomic E-state index is 5.68. The molecule has 0 saturated carbocycles. The zero-order valence-electron chi connectivity index (χ0n) is 8.04. The molecule has 15 heavy (non-hydrogen) atoms. The van der Waals surface area contributed by atoms with Gasteiger partial charge in [0, 0.05) is 0 Å². The van der Waals surface area contributed by atoms with Gasteiger partial charge in [-0.1, -0.05) is 0 Å². The van der Waals surface area contributed by atoms with Gasteiger partial charge in [0.05, 0.1) is 0 Å². The van der Waals surface area contributed by atoms with E-state index < -0.39 is 0 Å². The molecule has 0 aliphatic rings. The minimum absolute atomic E-state index is 0.355. The Hall–Kier alpha value is -1.52. The van der Waals surface area contributed by atoms with Crippen molar-refractivity contribution in [1.29, 1.82) is 0 Å². The van der Waals surface area contributed by atoms with Gasteiger partial charge in [-0.15, -0.1) is 0 Å². The molecule has 0 aliphatic heterocycles. The molecule has 6 heteroatoms. The van der Waals surface area contributed by atoms with Crippen LogP contribution in [0.3, 0.4) is 0 Å². The SMILES string of the molecule is COc1ccc(-n2c(N)nnc2[Se])cc1. The number of hydrogen-bond donors (Lipinski definition) is 1. The number of rotatable bonds is 2. The van der Waals surface area contributed by atoms with Gasteiger partial charge in [-0.3, -0.25) is 0 Å². The van der Waals surface area contributed by atoms with E-state index in [1.807, 2.05) is 24.3 Å². The number of anilines is 1. The van der Waals surface area contributed by atoms with Gasteiger partial charge in [-0.25, -0.2) is 0 Å². The van der Waals surface area contributed by atoms with E-state index >= 15 is 0 Å². The molecule has 0 saturated heterocycles. The Kier molecular flexibility index (Phi) is 2.62. The molecule has 0 aliphatic carbocycles. The van der Waals surface area contributed by atoms with Crippen molar-refractivity contribution in [3.63, 3.8) is 0 Å². The third-order valence-corrected chi connectivity index (χ3v) is 2.54. The van der Waals surface area contributed by atoms with E-state index in [4.69, 9.17) is 10.5 Å². The van der Waals surface area contributed by atoms with Crippen LogP contribution < -0.4 is 15.2 Å². The van der Waals surface area contributed by atoms with E-state index in [1.165, 1.54) is 0 Å². The monoisotopic (exact) mass is 269 g/mol. The molecule has 2 rings (SSSR count). The van der Waals surface area contributed by atoms with Crippen molar-refractivity contribution in [3.8, 4) is 11.4 Å². The third kappa shape index (κ3) is 1.81. The summed E-state index contributed by atoms with van der Waals surface area (Å²) in [6.45, 7) is 0. The Morgan fingerprint density at radius 1 is 1.27 bits per heavy atom. The van der Waals surface area contributed by atoms with Gasteiger partial charge < -0.3 is 0 Å². The molecule has 1 radical (unpaired) electrons. The van der Waals surface area contributed by atoms with Gasteiger partial charge in [0.1, 0.15) is 0 Å². The number of hydrogen-bond acceptors (Lipinski definition) is 4. The van der Waals surface area contributed by atoms with Gasteiger partial charge in [-0.05, 0) is 0 Å². The summed E-state index contributed by atoms with van der Waals surface area (Å²) >= 11 is 2.80. The number of nitrogens with two attached hydrogens (primary N) is 1. The van der Waals surface area contributed by atoms with E-state index in [0.29, 0.717) is 10.7 Å². The van der Waals surface area contributed by atoms with Crippen LogP contribution in [0, 0.1) is 0 Å². The summed E-state index contributed by atoms with van der Waals surface area (Å²) in [4.78, 5) is 0. The Bertz CT molecular complexity index is 446. The number of methoxy groups -OCH3 is 1. The second kappa shape index (κ2) is 3.92. The molecule has 1 heterocycles. The first kappa shape index (κ1) is 10.0. The van der Waals surface area contributed by atoms with Crippen molar-refractivity contribution in [2.75, 3.05) is 12.8 Å². The number of aromatic nitrogens is 3. The average molecular weight is 268 g/mol. The van der Waals surface area contributed by atoms with Gasteiger partial charge in [0.2, 0.25) is 0 Å².